The monoisotopic (exact) mass is 246 g/mol. The van der Waals surface area contributed by atoms with E-state index >= 15 is 0 Å². The Morgan fingerprint density at radius 1 is 1.56 bits per heavy atom. The number of nitrogens with zero attached hydrogens (tertiary/aromatic N) is 2. The minimum Gasteiger partial charge on any atom is -0.481 e. The summed E-state index contributed by atoms with van der Waals surface area (Å²) in [5.41, 5.74) is 0.929. The average molecular weight is 246 g/mol. The van der Waals surface area contributed by atoms with Gasteiger partial charge in [0, 0.05) is 18.3 Å². The SMILES string of the molecule is C#CCNC(=NCc1cccnc1OC)NCC. The second-order valence-electron chi connectivity index (χ2n) is 3.42. The zero-order chi connectivity index (χ0) is 13.2. The average Bonchev–Trinajstić information content (AvgIpc) is 2.42. The summed E-state index contributed by atoms with van der Waals surface area (Å²) >= 11 is 0. The summed E-state index contributed by atoms with van der Waals surface area (Å²) in [6.45, 7) is 3.70. The number of methoxy groups -OCH3 is 1. The standard InChI is InChI=1S/C13H18N4O/c1-4-8-16-13(14-5-2)17-10-11-7-6-9-15-12(11)18-3/h1,6-7,9H,5,8,10H2,2-3H3,(H2,14,16,17). The number of ether oxygens (including phenoxy) is 1. The van der Waals surface area contributed by atoms with Crippen LogP contribution in [0.1, 0.15) is 12.5 Å². The van der Waals surface area contributed by atoms with Crippen LogP contribution < -0.4 is 15.4 Å². The third-order valence-corrected chi connectivity index (χ3v) is 2.15. The van der Waals surface area contributed by atoms with E-state index in [1.807, 2.05) is 19.1 Å². The highest BCUT2D eigenvalue weighted by molar-refractivity contribution is 5.80. The number of nitrogens with one attached hydrogen (secondary N) is 2. The molecular formula is C13H18N4O. The van der Waals surface area contributed by atoms with Gasteiger partial charge >= 0.3 is 0 Å². The number of terminal acetylenes is 1. The summed E-state index contributed by atoms with van der Waals surface area (Å²) in [4.78, 5) is 8.53. The third-order valence-electron chi connectivity index (χ3n) is 2.15. The van der Waals surface area contributed by atoms with Gasteiger partial charge < -0.3 is 15.4 Å². The maximum Gasteiger partial charge on any atom is 0.218 e. The molecule has 18 heavy (non-hydrogen) atoms. The van der Waals surface area contributed by atoms with Gasteiger partial charge in [0.05, 0.1) is 20.2 Å². The van der Waals surface area contributed by atoms with Crippen molar-refractivity contribution in [2.45, 2.75) is 13.5 Å². The van der Waals surface area contributed by atoms with E-state index in [2.05, 4.69) is 26.5 Å². The molecule has 0 radical (unpaired) electrons. The summed E-state index contributed by atoms with van der Waals surface area (Å²) in [7, 11) is 1.59. The van der Waals surface area contributed by atoms with E-state index in [4.69, 9.17) is 11.2 Å². The number of hydrogen-bond acceptors (Lipinski definition) is 3. The topological polar surface area (TPSA) is 58.5 Å². The molecule has 96 valence electrons. The van der Waals surface area contributed by atoms with Crippen LogP contribution in [-0.4, -0.2) is 31.1 Å². The lowest BCUT2D eigenvalue weighted by molar-refractivity contribution is 0.392. The van der Waals surface area contributed by atoms with Crippen LogP contribution in [-0.2, 0) is 6.54 Å². The van der Waals surface area contributed by atoms with Gasteiger partial charge in [0.15, 0.2) is 5.96 Å². The molecule has 0 aliphatic heterocycles. The summed E-state index contributed by atoms with van der Waals surface area (Å²) in [5, 5.41) is 6.13. The lowest BCUT2D eigenvalue weighted by Gasteiger charge is -2.09. The fraction of sp³-hybridized carbons (Fsp3) is 0.385. The Morgan fingerprint density at radius 3 is 3.06 bits per heavy atom. The zero-order valence-electron chi connectivity index (χ0n) is 10.7. The number of rotatable bonds is 5. The van der Waals surface area contributed by atoms with Crippen molar-refractivity contribution >= 4 is 5.96 Å². The molecule has 1 rings (SSSR count). The summed E-state index contributed by atoms with van der Waals surface area (Å²) in [5.74, 6) is 3.78. The molecule has 0 aliphatic carbocycles. The van der Waals surface area contributed by atoms with E-state index in [0.29, 0.717) is 24.9 Å². The normalized spacial score (nSPS) is 10.6. The predicted octanol–water partition coefficient (Wildman–Crippen LogP) is 0.778. The molecule has 0 saturated carbocycles. The van der Waals surface area contributed by atoms with Crippen molar-refractivity contribution in [2.24, 2.45) is 4.99 Å². The summed E-state index contributed by atoms with van der Waals surface area (Å²) < 4.78 is 5.17. The fourth-order valence-corrected chi connectivity index (χ4v) is 1.37. The number of pyridine rings is 1. The first-order chi connectivity index (χ1) is 8.81. The predicted molar refractivity (Wildman–Crippen MR) is 72.4 cm³/mol. The van der Waals surface area contributed by atoms with Crippen LogP contribution in [0, 0.1) is 12.3 Å². The molecule has 0 amide bonds. The van der Waals surface area contributed by atoms with Crippen molar-refractivity contribution < 1.29 is 4.74 Å². The first-order valence-electron chi connectivity index (χ1n) is 5.75. The van der Waals surface area contributed by atoms with Gasteiger partial charge in [0.2, 0.25) is 5.88 Å². The maximum absolute atomic E-state index is 5.20. The van der Waals surface area contributed by atoms with Gasteiger partial charge in [-0.05, 0) is 13.0 Å². The minimum absolute atomic E-state index is 0.440. The van der Waals surface area contributed by atoms with Gasteiger partial charge in [-0.2, -0.15) is 0 Å². The van der Waals surface area contributed by atoms with Crippen LogP contribution >= 0.6 is 0 Å². The van der Waals surface area contributed by atoms with Crippen molar-refractivity contribution in [2.75, 3.05) is 20.2 Å². The van der Waals surface area contributed by atoms with E-state index in [0.717, 1.165) is 12.1 Å². The Hall–Kier alpha value is -2.22. The summed E-state index contributed by atoms with van der Waals surface area (Å²) in [6.07, 6.45) is 6.89. The third kappa shape index (κ3) is 4.34. The number of guanidine groups is 1. The Labute approximate surface area is 108 Å². The maximum atomic E-state index is 5.20. The first-order valence-corrected chi connectivity index (χ1v) is 5.75. The van der Waals surface area contributed by atoms with E-state index in [-0.39, 0.29) is 0 Å². The van der Waals surface area contributed by atoms with Crippen molar-refractivity contribution in [3.05, 3.63) is 23.9 Å². The van der Waals surface area contributed by atoms with Crippen LogP contribution in [0.25, 0.3) is 0 Å². The van der Waals surface area contributed by atoms with Gasteiger partial charge in [-0.25, -0.2) is 9.98 Å². The van der Waals surface area contributed by atoms with Crippen LogP contribution in [0.15, 0.2) is 23.3 Å². The van der Waals surface area contributed by atoms with Crippen molar-refractivity contribution in [1.29, 1.82) is 0 Å². The molecular weight excluding hydrogens is 228 g/mol. The molecule has 1 heterocycles. The van der Waals surface area contributed by atoms with Gasteiger partial charge in [0.1, 0.15) is 0 Å². The zero-order valence-corrected chi connectivity index (χ0v) is 10.7. The van der Waals surface area contributed by atoms with Crippen molar-refractivity contribution in [1.82, 2.24) is 15.6 Å². The largest absolute Gasteiger partial charge is 0.481 e. The van der Waals surface area contributed by atoms with E-state index < -0.39 is 0 Å². The van der Waals surface area contributed by atoms with E-state index in [1.54, 1.807) is 13.3 Å². The number of aromatic nitrogens is 1. The Morgan fingerprint density at radius 2 is 2.39 bits per heavy atom. The molecule has 0 aliphatic rings. The van der Waals surface area contributed by atoms with Crippen LogP contribution in [0.3, 0.4) is 0 Å². The van der Waals surface area contributed by atoms with Gasteiger partial charge in [-0.3, -0.25) is 0 Å². The number of aliphatic imine (C=N–C) groups is 1. The van der Waals surface area contributed by atoms with Crippen LogP contribution in [0.5, 0.6) is 5.88 Å². The lowest BCUT2D eigenvalue weighted by Crippen LogP contribution is -2.37. The number of hydrogen-bond donors (Lipinski definition) is 2. The van der Waals surface area contributed by atoms with E-state index in [1.165, 1.54) is 0 Å². The van der Waals surface area contributed by atoms with Crippen molar-refractivity contribution in [3.63, 3.8) is 0 Å². The first kappa shape index (κ1) is 13.8. The molecule has 0 fully saturated rings. The highest BCUT2D eigenvalue weighted by Gasteiger charge is 2.02. The lowest BCUT2D eigenvalue weighted by atomic mass is 10.3. The molecule has 5 nitrogen and oxygen atoms in total. The fourth-order valence-electron chi connectivity index (χ4n) is 1.37. The van der Waals surface area contributed by atoms with Crippen LogP contribution in [0.4, 0.5) is 0 Å². The molecule has 2 N–H and O–H groups in total. The smallest absolute Gasteiger partial charge is 0.218 e. The molecule has 0 aromatic carbocycles. The Balaban J connectivity index is 2.71. The molecule has 0 bridgehead atoms. The molecule has 0 unspecified atom stereocenters. The quantitative estimate of drug-likeness (QED) is 0.458. The second kappa shape index (κ2) is 7.96. The molecule has 1 aromatic heterocycles. The van der Waals surface area contributed by atoms with E-state index in [9.17, 15) is 0 Å². The minimum atomic E-state index is 0.440. The summed E-state index contributed by atoms with van der Waals surface area (Å²) in [6, 6.07) is 3.79. The molecule has 1 aromatic rings. The van der Waals surface area contributed by atoms with Crippen molar-refractivity contribution in [3.8, 4) is 18.2 Å². The molecule has 0 spiro atoms. The molecule has 5 heteroatoms. The van der Waals surface area contributed by atoms with Crippen LogP contribution in [0.2, 0.25) is 0 Å². The molecule has 0 saturated heterocycles. The highest BCUT2D eigenvalue weighted by atomic mass is 16.5. The Kier molecular flexibility index (Phi) is 6.12. The Bertz CT molecular complexity index is 437. The highest BCUT2D eigenvalue weighted by Crippen LogP contribution is 2.14. The van der Waals surface area contributed by atoms with Gasteiger partial charge in [0.25, 0.3) is 0 Å². The second-order valence-corrected chi connectivity index (χ2v) is 3.42. The van der Waals surface area contributed by atoms with Gasteiger partial charge in [-0.15, -0.1) is 6.42 Å². The molecule has 0 atom stereocenters. The van der Waals surface area contributed by atoms with Gasteiger partial charge in [-0.1, -0.05) is 12.0 Å².